The number of cyclic esters (lactones) is 1. The Morgan fingerprint density at radius 3 is 2.31 bits per heavy atom. The van der Waals surface area contributed by atoms with E-state index in [4.69, 9.17) is 33.2 Å². The Bertz CT molecular complexity index is 1570. The van der Waals surface area contributed by atoms with Crippen LogP contribution < -0.4 is 14.4 Å². The smallest absolute Gasteiger partial charge is 0.414 e. The number of aliphatic hydroxyl groups excluding tert-OH is 1. The first-order chi connectivity index (χ1) is 23.8. The number of carbonyl (C=O) groups is 2. The van der Waals surface area contributed by atoms with Crippen LogP contribution in [-0.2, 0) is 30.3 Å². The average Bonchev–Trinajstić information content (AvgIpc) is 3.33. The van der Waals surface area contributed by atoms with E-state index < -0.39 is 53.7 Å². The van der Waals surface area contributed by atoms with E-state index in [0.29, 0.717) is 36.6 Å². The Hall–Kier alpha value is -3.90. The summed E-state index contributed by atoms with van der Waals surface area (Å²) in [6.45, 7) is 18.6. The van der Waals surface area contributed by atoms with Crippen LogP contribution in [0, 0.1) is 5.92 Å². The van der Waals surface area contributed by atoms with Gasteiger partial charge in [-0.25, -0.2) is 9.59 Å². The molecule has 2 aliphatic rings. The Morgan fingerprint density at radius 2 is 1.71 bits per heavy atom. The number of hydrogen-bond acceptors (Lipinski definition) is 10. The third kappa shape index (κ3) is 10.8. The molecule has 0 radical (unpaired) electrons. The predicted octanol–water partition coefficient (Wildman–Crippen LogP) is 7.82. The van der Waals surface area contributed by atoms with Gasteiger partial charge in [0.05, 0.1) is 31.6 Å². The zero-order chi connectivity index (χ0) is 37.7. The molecule has 0 saturated carbocycles. The molecule has 2 aromatic carbocycles. The molecule has 4 rings (SSSR count). The van der Waals surface area contributed by atoms with Crippen molar-refractivity contribution in [3.8, 4) is 11.5 Å². The highest BCUT2D eigenvalue weighted by Crippen LogP contribution is 2.39. The van der Waals surface area contributed by atoms with Gasteiger partial charge in [-0.05, 0) is 90.1 Å². The van der Waals surface area contributed by atoms with Crippen molar-refractivity contribution in [3.05, 3.63) is 71.3 Å². The largest absolute Gasteiger partial charge is 0.497 e. The van der Waals surface area contributed by atoms with E-state index in [0.717, 1.165) is 11.3 Å². The molecule has 1 saturated heterocycles. The first-order valence-corrected chi connectivity index (χ1v) is 17.6. The highest BCUT2D eigenvalue weighted by atomic mass is 16.8. The van der Waals surface area contributed by atoms with Crippen molar-refractivity contribution in [1.29, 1.82) is 0 Å². The lowest BCUT2D eigenvalue weighted by molar-refractivity contribution is -0.156. The van der Waals surface area contributed by atoms with Crippen LogP contribution >= 0.6 is 0 Å². The van der Waals surface area contributed by atoms with Gasteiger partial charge in [-0.15, -0.1) is 0 Å². The van der Waals surface area contributed by atoms with E-state index in [9.17, 15) is 14.7 Å². The van der Waals surface area contributed by atoms with Gasteiger partial charge in [0.15, 0.2) is 5.79 Å². The second-order valence-corrected chi connectivity index (χ2v) is 14.9. The molecule has 2 aromatic rings. The number of rotatable bonds is 13. The van der Waals surface area contributed by atoms with Crippen LogP contribution in [0.15, 0.2) is 54.6 Å². The van der Waals surface area contributed by atoms with Crippen molar-refractivity contribution in [1.82, 2.24) is 0 Å². The third-order valence-electron chi connectivity index (χ3n) is 8.44. The molecule has 11 heteroatoms. The monoisotopic (exact) mass is 709 g/mol. The van der Waals surface area contributed by atoms with Crippen molar-refractivity contribution < 1.29 is 47.9 Å². The molecule has 11 nitrogen and oxygen atoms in total. The number of anilines is 1. The molecule has 0 unspecified atom stereocenters. The van der Waals surface area contributed by atoms with Gasteiger partial charge in [0.25, 0.3) is 0 Å². The molecule has 1 amide bonds. The Kier molecular flexibility index (Phi) is 12.7. The molecule has 1 N–H and O–H groups in total. The second-order valence-electron chi connectivity index (χ2n) is 14.9. The normalized spacial score (nSPS) is 21.5. The SMILES string of the molecule is CCN(C(=O)OC(C)(C)C)c1cc(/C=C/C[C@@H]2OC(C)(C)O[C@@H]2[C@@H](/C=C\[C@@H](C)[C@H](C)O)OCc2ccc(OC)cc2)c2c(c1)OC(C)(C)OC2=O. The van der Waals surface area contributed by atoms with E-state index in [2.05, 4.69) is 0 Å². The first-order valence-electron chi connectivity index (χ1n) is 17.6. The molecule has 0 bridgehead atoms. The van der Waals surface area contributed by atoms with Crippen LogP contribution in [-0.4, -0.2) is 72.4 Å². The zero-order valence-electron chi connectivity index (χ0n) is 31.9. The molecule has 0 aromatic heterocycles. The summed E-state index contributed by atoms with van der Waals surface area (Å²) < 4.78 is 41.9. The quantitative estimate of drug-likeness (QED) is 0.163. The molecule has 5 atom stereocenters. The summed E-state index contributed by atoms with van der Waals surface area (Å²) in [5, 5.41) is 10.2. The third-order valence-corrected chi connectivity index (χ3v) is 8.44. The van der Waals surface area contributed by atoms with Crippen molar-refractivity contribution in [2.45, 2.75) is 124 Å². The van der Waals surface area contributed by atoms with Crippen LogP contribution in [0.3, 0.4) is 0 Å². The molecule has 0 aliphatic carbocycles. The van der Waals surface area contributed by atoms with Crippen LogP contribution in [0.2, 0.25) is 0 Å². The molecule has 0 spiro atoms. The summed E-state index contributed by atoms with van der Waals surface area (Å²) in [6.07, 6.45) is 5.47. The van der Waals surface area contributed by atoms with Crippen molar-refractivity contribution in [2.24, 2.45) is 5.92 Å². The van der Waals surface area contributed by atoms with Crippen LogP contribution in [0.25, 0.3) is 6.08 Å². The summed E-state index contributed by atoms with van der Waals surface area (Å²) in [4.78, 5) is 28.0. The highest BCUT2D eigenvalue weighted by molar-refractivity contribution is 6.00. The fourth-order valence-corrected chi connectivity index (χ4v) is 5.77. The second kappa shape index (κ2) is 16.2. The molecule has 1 fully saturated rings. The number of carbonyl (C=O) groups excluding carboxylic acids is 2. The van der Waals surface area contributed by atoms with E-state index in [-0.39, 0.29) is 11.5 Å². The van der Waals surface area contributed by atoms with Gasteiger partial charge >= 0.3 is 12.1 Å². The minimum atomic E-state index is -1.19. The molecule has 2 aliphatic heterocycles. The minimum absolute atomic E-state index is 0.112. The highest BCUT2D eigenvalue weighted by Gasteiger charge is 2.44. The lowest BCUT2D eigenvalue weighted by Gasteiger charge is -2.33. The summed E-state index contributed by atoms with van der Waals surface area (Å²) in [5.41, 5.74) is 1.54. The van der Waals surface area contributed by atoms with Gasteiger partial charge in [0, 0.05) is 26.5 Å². The summed E-state index contributed by atoms with van der Waals surface area (Å²) in [5.74, 6) is -1.67. The summed E-state index contributed by atoms with van der Waals surface area (Å²) in [6, 6.07) is 11.1. The van der Waals surface area contributed by atoms with Gasteiger partial charge in [-0.1, -0.05) is 43.4 Å². The van der Waals surface area contributed by atoms with Crippen molar-refractivity contribution >= 4 is 23.8 Å². The maximum Gasteiger partial charge on any atom is 0.414 e. The number of benzene rings is 2. The Labute approximate surface area is 302 Å². The van der Waals surface area contributed by atoms with Crippen molar-refractivity contribution in [3.63, 3.8) is 0 Å². The topological polar surface area (TPSA) is 122 Å². The molecular formula is C40H55NO10. The molecular weight excluding hydrogens is 654 g/mol. The zero-order valence-corrected chi connectivity index (χ0v) is 31.9. The number of aliphatic hydroxyl groups is 1. The van der Waals surface area contributed by atoms with E-state index in [1.807, 2.05) is 91.0 Å². The number of esters is 1. The van der Waals surface area contributed by atoms with E-state index in [1.54, 1.807) is 46.1 Å². The maximum atomic E-state index is 13.3. The predicted molar refractivity (Wildman–Crippen MR) is 195 cm³/mol. The summed E-state index contributed by atoms with van der Waals surface area (Å²) in [7, 11) is 1.62. The van der Waals surface area contributed by atoms with E-state index >= 15 is 0 Å². The van der Waals surface area contributed by atoms with Crippen LogP contribution in [0.5, 0.6) is 11.5 Å². The lowest BCUT2D eigenvalue weighted by atomic mass is 9.99. The number of nitrogens with zero attached hydrogens (tertiary/aromatic N) is 1. The number of ether oxygens (including phenoxy) is 7. The molecule has 2 heterocycles. The standard InChI is InChI=1S/C40H55NO10/c1-12-41(37(44)51-38(4,5)6)29-22-28(34-33(23-29)48-40(9,10)50-36(34)43)14-13-15-32-35(49-39(7,8)47-32)31(21-16-25(2)26(3)42)46-24-27-17-19-30(45-11)20-18-27/h13-14,16-23,25-26,31-32,35,42H,12,15,24H2,1-11H3/b14-13+,21-16-/t25-,26+,31-,32+,35-/m1/s1. The Balaban J connectivity index is 1.65. The van der Waals surface area contributed by atoms with Gasteiger partial charge < -0.3 is 38.3 Å². The number of amides is 1. The van der Waals surface area contributed by atoms with Gasteiger partial charge in [-0.3, -0.25) is 4.90 Å². The maximum absolute atomic E-state index is 13.3. The fourth-order valence-electron chi connectivity index (χ4n) is 5.77. The van der Waals surface area contributed by atoms with Crippen LogP contribution in [0.1, 0.15) is 97.1 Å². The van der Waals surface area contributed by atoms with Crippen LogP contribution in [0.4, 0.5) is 10.5 Å². The van der Waals surface area contributed by atoms with Gasteiger partial charge in [0.1, 0.15) is 34.9 Å². The Morgan fingerprint density at radius 1 is 1.02 bits per heavy atom. The number of hydrogen-bond donors (Lipinski definition) is 1. The number of methoxy groups -OCH3 is 1. The molecule has 51 heavy (non-hydrogen) atoms. The summed E-state index contributed by atoms with van der Waals surface area (Å²) >= 11 is 0. The minimum Gasteiger partial charge on any atom is -0.497 e. The fraction of sp³-hybridized carbons (Fsp3) is 0.550. The number of fused-ring (bicyclic) bond motifs is 1. The van der Waals surface area contributed by atoms with Gasteiger partial charge in [-0.2, -0.15) is 0 Å². The first kappa shape index (κ1) is 39.9. The lowest BCUT2D eigenvalue weighted by Crippen LogP contribution is -2.40. The molecule has 280 valence electrons. The van der Waals surface area contributed by atoms with Crippen molar-refractivity contribution in [2.75, 3.05) is 18.6 Å². The van der Waals surface area contributed by atoms with Gasteiger partial charge in [0.2, 0.25) is 5.79 Å². The average molecular weight is 710 g/mol. The van der Waals surface area contributed by atoms with E-state index in [1.165, 1.54) is 4.90 Å².